The summed E-state index contributed by atoms with van der Waals surface area (Å²) in [6.07, 6.45) is 9.52. The zero-order valence-electron chi connectivity index (χ0n) is 14.1. The molecule has 0 heterocycles. The van der Waals surface area contributed by atoms with E-state index in [-0.39, 0.29) is 11.3 Å². The average molecular weight is 360 g/mol. The van der Waals surface area contributed by atoms with E-state index in [0.717, 1.165) is 18.8 Å². The summed E-state index contributed by atoms with van der Waals surface area (Å²) in [5.74, 6) is 0.806. The van der Waals surface area contributed by atoms with E-state index in [4.69, 9.17) is 5.73 Å². The molecule has 1 amide bonds. The predicted octanol–water partition coefficient (Wildman–Crippen LogP) is 3.82. The van der Waals surface area contributed by atoms with Crippen molar-refractivity contribution in [1.82, 2.24) is 0 Å². The second kappa shape index (κ2) is 5.72. The van der Waals surface area contributed by atoms with Crippen molar-refractivity contribution in [1.29, 1.82) is 0 Å². The first-order valence-corrected chi connectivity index (χ1v) is 16.4. The van der Waals surface area contributed by atoms with Gasteiger partial charge >= 0.3 is 146 Å². The van der Waals surface area contributed by atoms with Crippen LogP contribution in [0.1, 0.15) is 41.0 Å². The molecular formula is C19H26NOSiTi. The SMILES string of the molecule is C[SiH](C)[Ti]([CH]1C=Cc2ccccc21)[CH]1CC2CCC1(C(N)=O)C2. The fourth-order valence-electron chi connectivity index (χ4n) is 5.63. The third kappa shape index (κ3) is 2.35. The molecule has 121 valence electrons. The predicted molar refractivity (Wildman–Crippen MR) is 94.4 cm³/mol. The summed E-state index contributed by atoms with van der Waals surface area (Å²) in [5, 5.41) is 0. The zero-order valence-corrected chi connectivity index (χ0v) is 16.8. The van der Waals surface area contributed by atoms with Gasteiger partial charge < -0.3 is 0 Å². The Bertz CT molecular complexity index is 673. The molecule has 2 N–H and O–H groups in total. The number of carbonyl (C=O) groups is 1. The summed E-state index contributed by atoms with van der Waals surface area (Å²) in [5.41, 5.74) is 8.81. The van der Waals surface area contributed by atoms with E-state index in [0.29, 0.717) is 8.45 Å². The number of benzene rings is 1. The molecule has 1 aromatic rings. The van der Waals surface area contributed by atoms with Crippen LogP contribution in [0.5, 0.6) is 0 Å². The van der Waals surface area contributed by atoms with Crippen molar-refractivity contribution >= 4 is 18.6 Å². The van der Waals surface area contributed by atoms with Gasteiger partial charge in [0.2, 0.25) is 0 Å². The number of primary amides is 1. The first-order chi connectivity index (χ1) is 11.0. The van der Waals surface area contributed by atoms with Crippen molar-refractivity contribution in [3.8, 4) is 0 Å². The molecule has 3 aliphatic rings. The van der Waals surface area contributed by atoms with Crippen LogP contribution < -0.4 is 5.73 Å². The molecule has 23 heavy (non-hydrogen) atoms. The minimum atomic E-state index is -1.41. The van der Waals surface area contributed by atoms with E-state index >= 15 is 0 Å². The number of hydrogen-bond donors (Lipinski definition) is 1. The van der Waals surface area contributed by atoms with Gasteiger partial charge in [-0.05, 0) is 0 Å². The van der Waals surface area contributed by atoms with Crippen LogP contribution in [0.15, 0.2) is 30.3 Å². The molecule has 4 atom stereocenters. The second-order valence-corrected chi connectivity index (χ2v) is 22.1. The van der Waals surface area contributed by atoms with Crippen molar-refractivity contribution in [2.24, 2.45) is 17.1 Å². The van der Waals surface area contributed by atoms with Gasteiger partial charge in [-0.2, -0.15) is 0 Å². The van der Waals surface area contributed by atoms with Crippen molar-refractivity contribution in [3.05, 3.63) is 41.5 Å². The Labute approximate surface area is 146 Å². The number of rotatable bonds is 4. The zero-order chi connectivity index (χ0) is 16.2. The molecule has 4 rings (SSSR count). The molecule has 0 aliphatic heterocycles. The van der Waals surface area contributed by atoms with E-state index in [1.165, 1.54) is 18.4 Å². The molecule has 0 radical (unpaired) electrons. The first kappa shape index (κ1) is 15.9. The van der Waals surface area contributed by atoms with Crippen molar-refractivity contribution in [2.45, 2.75) is 47.2 Å². The molecule has 4 heteroatoms. The maximum absolute atomic E-state index is 12.4. The summed E-state index contributed by atoms with van der Waals surface area (Å²) < 4.78 is 1.34. The van der Waals surface area contributed by atoms with Gasteiger partial charge in [-0.25, -0.2) is 0 Å². The Hall–Kier alpha value is -0.639. The van der Waals surface area contributed by atoms with Gasteiger partial charge in [0.1, 0.15) is 0 Å². The summed E-state index contributed by atoms with van der Waals surface area (Å²) in [6, 6.07) is 8.89. The van der Waals surface area contributed by atoms with Crippen LogP contribution in [0.2, 0.25) is 17.3 Å². The molecule has 2 bridgehead atoms. The first-order valence-electron chi connectivity index (χ1n) is 8.96. The van der Waals surface area contributed by atoms with E-state index in [1.54, 1.807) is 5.56 Å². The van der Waals surface area contributed by atoms with Gasteiger partial charge in [0.25, 0.3) is 0 Å². The normalized spacial score (nSPS) is 34.1. The third-order valence-corrected chi connectivity index (χ3v) is 21.7. The summed E-state index contributed by atoms with van der Waals surface area (Å²) in [4.78, 5) is 12.4. The topological polar surface area (TPSA) is 43.1 Å². The van der Waals surface area contributed by atoms with E-state index in [2.05, 4.69) is 49.5 Å². The Morgan fingerprint density at radius 2 is 2.13 bits per heavy atom. The van der Waals surface area contributed by atoms with Gasteiger partial charge in [0.15, 0.2) is 0 Å². The van der Waals surface area contributed by atoms with E-state index in [1.807, 2.05) is 0 Å². The Kier molecular flexibility index (Phi) is 3.94. The van der Waals surface area contributed by atoms with Crippen molar-refractivity contribution in [3.63, 3.8) is 0 Å². The molecule has 2 saturated carbocycles. The number of carbonyl (C=O) groups excluding carboxylic acids is 1. The molecule has 0 spiro atoms. The number of amides is 1. The van der Waals surface area contributed by atoms with Crippen LogP contribution in [0.4, 0.5) is 0 Å². The monoisotopic (exact) mass is 360 g/mol. The molecule has 2 fully saturated rings. The maximum atomic E-state index is 12.4. The van der Waals surface area contributed by atoms with Crippen molar-refractivity contribution in [2.75, 3.05) is 0 Å². The molecule has 1 aromatic carbocycles. The van der Waals surface area contributed by atoms with Crippen LogP contribution in [0, 0.1) is 11.3 Å². The molecule has 2 nitrogen and oxygen atoms in total. The Morgan fingerprint density at radius 3 is 2.83 bits per heavy atom. The van der Waals surface area contributed by atoms with Crippen LogP contribution in [-0.4, -0.2) is 12.6 Å². The van der Waals surface area contributed by atoms with Crippen LogP contribution in [-0.2, 0) is 21.9 Å². The fraction of sp³-hybridized carbons (Fsp3) is 0.526. The molecule has 4 unspecified atom stereocenters. The quantitative estimate of drug-likeness (QED) is 0.815. The number of allylic oxidation sites excluding steroid dienone is 1. The van der Waals surface area contributed by atoms with Gasteiger partial charge in [0, 0.05) is 0 Å². The third-order valence-electron chi connectivity index (χ3n) is 6.61. The van der Waals surface area contributed by atoms with Gasteiger partial charge in [-0.3, -0.25) is 0 Å². The standard InChI is InChI=1S/C9H7.C8H12NO.C2H7Si.Ti/c1-2-5-9-7-3-6-8(9)4-1;9-7(10)8-3-1-6(5-8)2-4-8;1-3-2;/h1-7H;3,6H,1-2,4-5H2,(H2,9,10);3H,1-2H3;. The van der Waals surface area contributed by atoms with Crippen molar-refractivity contribution < 1.29 is 21.9 Å². The summed E-state index contributed by atoms with van der Waals surface area (Å²) >= 11 is -1.41. The second-order valence-electron chi connectivity index (χ2n) is 8.04. The van der Waals surface area contributed by atoms with E-state index in [9.17, 15) is 4.79 Å². The fourth-order valence-corrected chi connectivity index (χ4v) is 22.1. The van der Waals surface area contributed by atoms with Crippen LogP contribution in [0.25, 0.3) is 6.08 Å². The number of nitrogens with two attached hydrogens (primary N) is 1. The minimum absolute atomic E-state index is 0.0254. The number of hydrogen-bond acceptors (Lipinski definition) is 1. The Morgan fingerprint density at radius 1 is 1.35 bits per heavy atom. The molecular weight excluding hydrogens is 334 g/mol. The summed E-state index contributed by atoms with van der Waals surface area (Å²) in [7, 11) is 0. The molecule has 3 aliphatic carbocycles. The average Bonchev–Trinajstić information content (AvgIpc) is 3.21. The van der Waals surface area contributed by atoms with Gasteiger partial charge in [0.05, 0.1) is 0 Å². The van der Waals surface area contributed by atoms with Crippen LogP contribution >= 0.6 is 0 Å². The molecule has 0 saturated heterocycles. The Balaban J connectivity index is 1.73. The summed E-state index contributed by atoms with van der Waals surface area (Å²) in [6.45, 7) is 4.31. The van der Waals surface area contributed by atoms with Gasteiger partial charge in [-0.15, -0.1) is 0 Å². The van der Waals surface area contributed by atoms with Crippen LogP contribution in [0.3, 0.4) is 0 Å². The molecule has 0 aromatic heterocycles. The van der Waals surface area contributed by atoms with E-state index < -0.39 is 23.8 Å². The van der Waals surface area contributed by atoms with Gasteiger partial charge in [-0.1, -0.05) is 0 Å². The number of fused-ring (bicyclic) bond motifs is 3.